The smallest absolute Gasteiger partial charge is 0.257 e. The number of carbonyl (C=O) groups excluding carboxylic acids is 1. The van der Waals surface area contributed by atoms with E-state index in [-0.39, 0.29) is 23.6 Å². The van der Waals surface area contributed by atoms with Gasteiger partial charge in [0.25, 0.3) is 5.91 Å². The number of benzene rings is 2. The molecule has 8 heteroatoms. The third-order valence-electron chi connectivity index (χ3n) is 7.47. The SMILES string of the molecule is C[C@@H]1CC[C@@H](c2ccc3nn(C)cc3c2)N(C(=O)c2cc3c4c(c(N)nc3cc2F)[C@@H](C)OC4)C1. The Morgan fingerprint density at radius 1 is 1.17 bits per heavy atom. The maximum atomic E-state index is 15.4. The minimum Gasteiger partial charge on any atom is -0.383 e. The molecule has 2 aromatic carbocycles. The fourth-order valence-corrected chi connectivity index (χ4v) is 5.70. The van der Waals surface area contributed by atoms with Gasteiger partial charge in [0.15, 0.2) is 0 Å². The standard InChI is InChI=1S/C27H28FN5O2/c1-14-4-7-24(16-5-6-22-17(8-16)12-32(3)31-22)33(11-14)27(34)19-9-18-20-13-35-15(2)25(20)26(29)30-23(18)10-21(19)28/h5-6,8-10,12,14-15,24H,4,7,11,13H2,1-3H3,(H2,29,30)/t14-,15-,24+/m1/s1. The number of hydrogen-bond donors (Lipinski definition) is 1. The van der Waals surface area contributed by atoms with Crippen molar-refractivity contribution in [3.8, 4) is 0 Å². The molecule has 2 N–H and O–H groups in total. The average Bonchev–Trinajstić information content (AvgIpc) is 3.40. The van der Waals surface area contributed by atoms with E-state index in [0.29, 0.717) is 30.4 Å². The summed E-state index contributed by atoms with van der Waals surface area (Å²) in [5.41, 5.74) is 10.3. The van der Waals surface area contributed by atoms with Crippen LogP contribution in [0, 0.1) is 11.7 Å². The van der Waals surface area contributed by atoms with Crippen LogP contribution in [0.2, 0.25) is 0 Å². The third-order valence-corrected chi connectivity index (χ3v) is 7.47. The molecule has 0 radical (unpaired) electrons. The second-order valence-electron chi connectivity index (χ2n) is 9.97. The molecule has 6 rings (SSSR count). The van der Waals surface area contributed by atoms with E-state index in [1.54, 1.807) is 10.7 Å². The molecule has 1 fully saturated rings. The van der Waals surface area contributed by atoms with Gasteiger partial charge in [0.1, 0.15) is 11.6 Å². The third kappa shape index (κ3) is 3.55. The lowest BCUT2D eigenvalue weighted by atomic mass is 9.88. The molecule has 2 aliphatic rings. The first-order valence-electron chi connectivity index (χ1n) is 12.1. The number of anilines is 1. The molecule has 3 atom stereocenters. The van der Waals surface area contributed by atoms with Crippen molar-refractivity contribution in [1.29, 1.82) is 0 Å². The van der Waals surface area contributed by atoms with Gasteiger partial charge in [0.05, 0.1) is 35.3 Å². The van der Waals surface area contributed by atoms with Crippen LogP contribution in [0.3, 0.4) is 0 Å². The highest BCUT2D eigenvalue weighted by Gasteiger charge is 2.34. The van der Waals surface area contributed by atoms with Gasteiger partial charge in [-0.2, -0.15) is 5.10 Å². The molecule has 35 heavy (non-hydrogen) atoms. The monoisotopic (exact) mass is 473 g/mol. The molecule has 2 aromatic heterocycles. The Hall–Kier alpha value is -3.52. The number of nitrogen functional groups attached to an aromatic ring is 1. The Labute approximate surface area is 202 Å². The fourth-order valence-electron chi connectivity index (χ4n) is 5.70. The average molecular weight is 474 g/mol. The van der Waals surface area contributed by atoms with Crippen LogP contribution in [0.25, 0.3) is 21.8 Å². The minimum atomic E-state index is -0.582. The van der Waals surface area contributed by atoms with Gasteiger partial charge in [0, 0.05) is 42.2 Å². The van der Waals surface area contributed by atoms with E-state index in [9.17, 15) is 4.79 Å². The lowest BCUT2D eigenvalue weighted by Crippen LogP contribution is -2.42. The van der Waals surface area contributed by atoms with Gasteiger partial charge < -0.3 is 15.4 Å². The molecule has 0 unspecified atom stereocenters. The summed E-state index contributed by atoms with van der Waals surface area (Å²) in [6, 6.07) is 8.95. The van der Waals surface area contributed by atoms with Crippen LogP contribution < -0.4 is 5.73 Å². The van der Waals surface area contributed by atoms with E-state index in [1.165, 1.54) is 6.07 Å². The predicted molar refractivity (Wildman–Crippen MR) is 132 cm³/mol. The van der Waals surface area contributed by atoms with E-state index in [4.69, 9.17) is 10.5 Å². The van der Waals surface area contributed by atoms with Gasteiger partial charge in [-0.05, 0) is 55.0 Å². The minimum absolute atomic E-state index is 0.0624. The Morgan fingerprint density at radius 3 is 2.83 bits per heavy atom. The molecule has 0 bridgehead atoms. The zero-order chi connectivity index (χ0) is 24.4. The van der Waals surface area contributed by atoms with Gasteiger partial charge in [-0.15, -0.1) is 0 Å². The van der Waals surface area contributed by atoms with Crippen molar-refractivity contribution in [2.75, 3.05) is 12.3 Å². The number of fused-ring (bicyclic) bond motifs is 4. The zero-order valence-electron chi connectivity index (χ0n) is 20.1. The fraction of sp³-hybridized carbons (Fsp3) is 0.370. The summed E-state index contributed by atoms with van der Waals surface area (Å²) in [7, 11) is 1.89. The van der Waals surface area contributed by atoms with Gasteiger partial charge in [-0.3, -0.25) is 9.48 Å². The number of aryl methyl sites for hydroxylation is 1. The number of piperidine rings is 1. The number of aromatic nitrogens is 3. The van der Waals surface area contributed by atoms with Gasteiger partial charge in [-0.1, -0.05) is 13.0 Å². The highest BCUT2D eigenvalue weighted by atomic mass is 19.1. The van der Waals surface area contributed by atoms with Crippen molar-refractivity contribution in [1.82, 2.24) is 19.7 Å². The van der Waals surface area contributed by atoms with Crippen LogP contribution in [0.4, 0.5) is 10.2 Å². The second-order valence-corrected chi connectivity index (χ2v) is 9.97. The Morgan fingerprint density at radius 2 is 2.00 bits per heavy atom. The molecular formula is C27H28FN5O2. The number of nitrogens with two attached hydrogens (primary N) is 1. The number of rotatable bonds is 2. The van der Waals surface area contributed by atoms with Gasteiger partial charge >= 0.3 is 0 Å². The Balaban J connectivity index is 1.43. The maximum absolute atomic E-state index is 15.4. The van der Waals surface area contributed by atoms with E-state index >= 15 is 4.39 Å². The summed E-state index contributed by atoms with van der Waals surface area (Å²) in [5, 5.41) is 6.21. The molecule has 0 aliphatic carbocycles. The lowest BCUT2D eigenvalue weighted by Gasteiger charge is -2.39. The predicted octanol–water partition coefficient (Wildman–Crippen LogP) is 5.05. The van der Waals surface area contributed by atoms with Gasteiger partial charge in [-0.25, -0.2) is 9.37 Å². The second kappa shape index (κ2) is 8.02. The maximum Gasteiger partial charge on any atom is 0.257 e. The van der Waals surface area contributed by atoms with Crippen molar-refractivity contribution in [2.45, 2.75) is 45.4 Å². The summed E-state index contributed by atoms with van der Waals surface area (Å²) < 4.78 is 22.9. The highest BCUT2D eigenvalue weighted by molar-refractivity contribution is 6.00. The van der Waals surface area contributed by atoms with Crippen molar-refractivity contribution < 1.29 is 13.9 Å². The summed E-state index contributed by atoms with van der Waals surface area (Å²) in [6.45, 7) is 5.00. The number of hydrogen-bond acceptors (Lipinski definition) is 5. The van der Waals surface area contributed by atoms with Crippen molar-refractivity contribution >= 4 is 33.5 Å². The summed E-state index contributed by atoms with van der Waals surface area (Å²) in [6.07, 6.45) is 3.63. The summed E-state index contributed by atoms with van der Waals surface area (Å²) in [4.78, 5) is 20.1. The quantitative estimate of drug-likeness (QED) is 0.440. The van der Waals surface area contributed by atoms with Crippen LogP contribution in [-0.4, -0.2) is 32.1 Å². The molecular weight excluding hydrogens is 445 g/mol. The number of likely N-dealkylation sites (tertiary alicyclic amines) is 1. The molecule has 1 amide bonds. The highest BCUT2D eigenvalue weighted by Crippen LogP contribution is 2.40. The van der Waals surface area contributed by atoms with Crippen molar-refractivity contribution in [3.05, 3.63) is 64.6 Å². The van der Waals surface area contributed by atoms with E-state index in [2.05, 4.69) is 23.1 Å². The van der Waals surface area contributed by atoms with Gasteiger partial charge in [0.2, 0.25) is 0 Å². The van der Waals surface area contributed by atoms with Crippen LogP contribution in [0.1, 0.15) is 65.9 Å². The number of amides is 1. The molecule has 2 aliphatic heterocycles. The summed E-state index contributed by atoms with van der Waals surface area (Å²) in [5.74, 6) is -0.196. The van der Waals surface area contributed by atoms with Crippen LogP contribution >= 0.6 is 0 Å². The molecule has 7 nitrogen and oxygen atoms in total. The molecule has 4 heterocycles. The number of nitrogens with zero attached hydrogens (tertiary/aromatic N) is 4. The number of pyridine rings is 1. The number of ether oxygens (including phenoxy) is 1. The first-order valence-corrected chi connectivity index (χ1v) is 12.1. The molecule has 180 valence electrons. The Bertz CT molecular complexity index is 1500. The van der Waals surface area contributed by atoms with Crippen LogP contribution in [-0.2, 0) is 18.4 Å². The molecule has 0 spiro atoms. The molecule has 0 saturated carbocycles. The van der Waals surface area contributed by atoms with Crippen molar-refractivity contribution in [2.24, 2.45) is 13.0 Å². The first-order chi connectivity index (χ1) is 16.8. The van der Waals surface area contributed by atoms with Crippen LogP contribution in [0.5, 0.6) is 0 Å². The van der Waals surface area contributed by atoms with Crippen molar-refractivity contribution in [3.63, 3.8) is 0 Å². The molecule has 4 aromatic rings. The number of carbonyl (C=O) groups is 1. The summed E-state index contributed by atoms with van der Waals surface area (Å²) >= 11 is 0. The van der Waals surface area contributed by atoms with Crippen LogP contribution in [0.15, 0.2) is 36.5 Å². The first kappa shape index (κ1) is 22.0. The normalized spacial score (nSPS) is 22.2. The zero-order valence-corrected chi connectivity index (χ0v) is 20.1. The topological polar surface area (TPSA) is 86.3 Å². The van der Waals surface area contributed by atoms with E-state index < -0.39 is 5.82 Å². The Kier molecular flexibility index (Phi) is 5.03. The van der Waals surface area contributed by atoms with E-state index in [0.717, 1.165) is 45.8 Å². The lowest BCUT2D eigenvalue weighted by molar-refractivity contribution is 0.0540. The number of halogens is 1. The largest absolute Gasteiger partial charge is 0.383 e. The molecule has 1 saturated heterocycles. The van der Waals surface area contributed by atoms with E-state index in [1.807, 2.05) is 37.2 Å².